The molecule has 0 aliphatic heterocycles. The molecule has 5 heteroatoms. The molecule has 0 saturated heterocycles. The van der Waals surface area contributed by atoms with E-state index < -0.39 is 0 Å². The van der Waals surface area contributed by atoms with Crippen LogP contribution in [0.4, 0.5) is 5.95 Å². The number of hydrogen-bond acceptors (Lipinski definition) is 5. The third-order valence-electron chi connectivity index (χ3n) is 2.24. The van der Waals surface area contributed by atoms with E-state index in [9.17, 15) is 0 Å². The van der Waals surface area contributed by atoms with Crippen molar-refractivity contribution in [2.75, 3.05) is 25.1 Å². The number of nitrogens with zero attached hydrogens (tertiary/aromatic N) is 3. The molecule has 0 aliphatic rings. The van der Waals surface area contributed by atoms with Crippen LogP contribution in [0.5, 0.6) is 0 Å². The third kappa shape index (κ3) is 3.73. The van der Waals surface area contributed by atoms with Crippen molar-refractivity contribution in [3.8, 4) is 0 Å². The van der Waals surface area contributed by atoms with Gasteiger partial charge in [0.05, 0.1) is 18.0 Å². The largest absolute Gasteiger partial charge is 0.380 e. The van der Waals surface area contributed by atoms with Gasteiger partial charge >= 0.3 is 0 Å². The second kappa shape index (κ2) is 7.11. The molecule has 5 nitrogen and oxygen atoms in total. The van der Waals surface area contributed by atoms with E-state index in [1.54, 1.807) is 0 Å². The summed E-state index contributed by atoms with van der Waals surface area (Å²) < 4.78 is 5.22. The predicted molar refractivity (Wildman–Crippen MR) is 63.6 cm³/mol. The van der Waals surface area contributed by atoms with Crippen molar-refractivity contribution >= 4 is 5.95 Å². The fraction of sp³-hybridized carbons (Fsp3) is 0.727. The molecule has 0 saturated carbocycles. The summed E-state index contributed by atoms with van der Waals surface area (Å²) in [6, 6.07) is 0. The first-order valence-electron chi connectivity index (χ1n) is 5.85. The van der Waals surface area contributed by atoms with Crippen molar-refractivity contribution in [2.24, 2.45) is 0 Å². The van der Waals surface area contributed by atoms with Crippen molar-refractivity contribution in [3.63, 3.8) is 0 Å². The van der Waals surface area contributed by atoms with Crippen LogP contribution in [0.15, 0.2) is 0 Å². The van der Waals surface area contributed by atoms with E-state index in [1.165, 1.54) is 0 Å². The highest BCUT2D eigenvalue weighted by atomic mass is 16.5. The first-order chi connectivity index (χ1) is 7.81. The number of aromatic nitrogens is 3. The van der Waals surface area contributed by atoms with Crippen LogP contribution in [-0.2, 0) is 17.6 Å². The molecule has 0 radical (unpaired) electrons. The van der Waals surface area contributed by atoms with Crippen LogP contribution in [0.1, 0.15) is 32.2 Å². The maximum absolute atomic E-state index is 5.22. The molecule has 90 valence electrons. The summed E-state index contributed by atoms with van der Waals surface area (Å²) in [4.78, 5) is 4.42. The van der Waals surface area contributed by atoms with Crippen LogP contribution < -0.4 is 5.32 Å². The van der Waals surface area contributed by atoms with Gasteiger partial charge in [0.15, 0.2) is 0 Å². The monoisotopic (exact) mass is 224 g/mol. The van der Waals surface area contributed by atoms with Crippen molar-refractivity contribution < 1.29 is 4.74 Å². The molecule has 1 rings (SSSR count). The smallest absolute Gasteiger partial charge is 0.243 e. The SMILES string of the molecule is CCOCCNc1nnc(CC)c(CC)n1. The molecule has 0 aromatic carbocycles. The van der Waals surface area contributed by atoms with Gasteiger partial charge in [-0.1, -0.05) is 13.8 Å². The van der Waals surface area contributed by atoms with E-state index >= 15 is 0 Å². The van der Waals surface area contributed by atoms with Gasteiger partial charge in [-0.2, -0.15) is 5.10 Å². The summed E-state index contributed by atoms with van der Waals surface area (Å²) in [7, 11) is 0. The van der Waals surface area contributed by atoms with Gasteiger partial charge in [-0.25, -0.2) is 4.98 Å². The Morgan fingerprint density at radius 3 is 2.44 bits per heavy atom. The van der Waals surface area contributed by atoms with Crippen molar-refractivity contribution in [3.05, 3.63) is 11.4 Å². The predicted octanol–water partition coefficient (Wildman–Crippen LogP) is 1.44. The number of aryl methyl sites for hydroxylation is 2. The number of nitrogens with one attached hydrogen (secondary N) is 1. The molecule has 0 atom stereocenters. The Balaban J connectivity index is 2.54. The Bertz CT molecular complexity index is 317. The molecule has 0 aliphatic carbocycles. The van der Waals surface area contributed by atoms with Crippen molar-refractivity contribution in [1.82, 2.24) is 15.2 Å². The molecule has 0 fully saturated rings. The zero-order valence-corrected chi connectivity index (χ0v) is 10.3. The molecule has 0 bridgehead atoms. The van der Waals surface area contributed by atoms with Gasteiger partial charge in [0.25, 0.3) is 0 Å². The van der Waals surface area contributed by atoms with Gasteiger partial charge in [0, 0.05) is 13.2 Å². The maximum atomic E-state index is 5.22. The Hall–Kier alpha value is -1.23. The van der Waals surface area contributed by atoms with E-state index in [0.717, 1.165) is 30.8 Å². The minimum absolute atomic E-state index is 0.591. The number of ether oxygens (including phenoxy) is 1. The van der Waals surface area contributed by atoms with Crippen LogP contribution in [0, 0.1) is 0 Å². The lowest BCUT2D eigenvalue weighted by atomic mass is 10.2. The lowest BCUT2D eigenvalue weighted by molar-refractivity contribution is 0.158. The van der Waals surface area contributed by atoms with E-state index in [1.807, 2.05) is 6.92 Å². The number of anilines is 1. The van der Waals surface area contributed by atoms with Gasteiger partial charge in [-0.05, 0) is 19.8 Å². The average Bonchev–Trinajstić information content (AvgIpc) is 2.34. The zero-order chi connectivity index (χ0) is 11.8. The number of rotatable bonds is 7. The Morgan fingerprint density at radius 1 is 1.06 bits per heavy atom. The maximum Gasteiger partial charge on any atom is 0.243 e. The molecule has 0 unspecified atom stereocenters. The van der Waals surface area contributed by atoms with Crippen LogP contribution in [-0.4, -0.2) is 34.9 Å². The summed E-state index contributed by atoms with van der Waals surface area (Å²) in [6.45, 7) is 8.22. The normalized spacial score (nSPS) is 10.4. The standard InChI is InChI=1S/C11H20N4O/c1-4-9-10(5-2)14-15-11(13-9)12-7-8-16-6-3/h4-8H2,1-3H3,(H,12,13,15). The first kappa shape index (κ1) is 12.8. The van der Waals surface area contributed by atoms with Crippen LogP contribution in [0.25, 0.3) is 0 Å². The highest BCUT2D eigenvalue weighted by Crippen LogP contribution is 2.06. The molecular weight excluding hydrogens is 204 g/mol. The Morgan fingerprint density at radius 2 is 1.81 bits per heavy atom. The van der Waals surface area contributed by atoms with E-state index in [0.29, 0.717) is 19.1 Å². The van der Waals surface area contributed by atoms with Crippen LogP contribution in [0.2, 0.25) is 0 Å². The molecule has 1 aromatic rings. The van der Waals surface area contributed by atoms with Crippen LogP contribution in [0.3, 0.4) is 0 Å². The number of hydrogen-bond donors (Lipinski definition) is 1. The fourth-order valence-corrected chi connectivity index (χ4v) is 1.39. The van der Waals surface area contributed by atoms with E-state index in [4.69, 9.17) is 4.74 Å². The summed E-state index contributed by atoms with van der Waals surface area (Å²) in [6.07, 6.45) is 1.77. The van der Waals surface area contributed by atoms with Gasteiger partial charge in [-0.15, -0.1) is 5.10 Å². The van der Waals surface area contributed by atoms with E-state index in [-0.39, 0.29) is 0 Å². The summed E-state index contributed by atoms with van der Waals surface area (Å²) >= 11 is 0. The summed E-state index contributed by atoms with van der Waals surface area (Å²) in [5.74, 6) is 0.591. The zero-order valence-electron chi connectivity index (χ0n) is 10.3. The molecule has 0 amide bonds. The van der Waals surface area contributed by atoms with E-state index in [2.05, 4.69) is 34.3 Å². The fourth-order valence-electron chi connectivity index (χ4n) is 1.39. The lowest BCUT2D eigenvalue weighted by Crippen LogP contribution is -2.14. The molecule has 16 heavy (non-hydrogen) atoms. The molecule has 1 aromatic heterocycles. The molecular formula is C11H20N4O. The Labute approximate surface area is 96.6 Å². The minimum atomic E-state index is 0.591. The van der Waals surface area contributed by atoms with Gasteiger partial charge in [0.1, 0.15) is 0 Å². The topological polar surface area (TPSA) is 59.9 Å². The van der Waals surface area contributed by atoms with Gasteiger partial charge < -0.3 is 10.1 Å². The minimum Gasteiger partial charge on any atom is -0.380 e. The quantitative estimate of drug-likeness (QED) is 0.710. The average molecular weight is 224 g/mol. The highest BCUT2D eigenvalue weighted by Gasteiger charge is 2.05. The first-order valence-corrected chi connectivity index (χ1v) is 5.85. The lowest BCUT2D eigenvalue weighted by Gasteiger charge is -2.07. The summed E-state index contributed by atoms with van der Waals surface area (Å²) in [5.41, 5.74) is 2.01. The Kier molecular flexibility index (Phi) is 5.71. The van der Waals surface area contributed by atoms with Crippen molar-refractivity contribution in [2.45, 2.75) is 33.6 Å². The molecule has 1 heterocycles. The molecule has 0 spiro atoms. The van der Waals surface area contributed by atoms with Crippen LogP contribution >= 0.6 is 0 Å². The third-order valence-corrected chi connectivity index (χ3v) is 2.24. The van der Waals surface area contributed by atoms with Gasteiger partial charge in [0.2, 0.25) is 5.95 Å². The van der Waals surface area contributed by atoms with Crippen molar-refractivity contribution in [1.29, 1.82) is 0 Å². The molecule has 1 N–H and O–H groups in total. The summed E-state index contributed by atoms with van der Waals surface area (Å²) in [5, 5.41) is 11.3. The highest BCUT2D eigenvalue weighted by molar-refractivity contribution is 5.25. The van der Waals surface area contributed by atoms with Gasteiger partial charge in [-0.3, -0.25) is 0 Å². The second-order valence-electron chi connectivity index (χ2n) is 3.36. The second-order valence-corrected chi connectivity index (χ2v) is 3.36.